The number of carbonyl (C=O) groups is 1. The van der Waals surface area contributed by atoms with E-state index in [-0.39, 0.29) is 5.91 Å². The van der Waals surface area contributed by atoms with Crippen LogP contribution in [0, 0.1) is 13.8 Å². The van der Waals surface area contributed by atoms with E-state index >= 15 is 0 Å². The molecule has 100 valence electrons. The van der Waals surface area contributed by atoms with Crippen molar-refractivity contribution in [1.29, 1.82) is 0 Å². The molecular weight excluding hydrogens is 224 g/mol. The Morgan fingerprint density at radius 2 is 2.06 bits per heavy atom. The molecule has 0 radical (unpaired) electrons. The van der Waals surface area contributed by atoms with Gasteiger partial charge >= 0.3 is 0 Å². The van der Waals surface area contributed by atoms with Crippen molar-refractivity contribution in [1.82, 2.24) is 10.2 Å². The molecule has 0 spiro atoms. The Morgan fingerprint density at radius 1 is 1.33 bits per heavy atom. The monoisotopic (exact) mass is 248 g/mol. The van der Waals surface area contributed by atoms with E-state index in [1.54, 1.807) is 0 Å². The van der Waals surface area contributed by atoms with Crippen LogP contribution < -0.4 is 5.32 Å². The minimum absolute atomic E-state index is 0.203. The Balaban J connectivity index is 2.46. The highest BCUT2D eigenvalue weighted by atomic mass is 16.2. The van der Waals surface area contributed by atoms with Gasteiger partial charge in [-0.1, -0.05) is 23.8 Å². The van der Waals surface area contributed by atoms with Crippen LogP contribution in [0.15, 0.2) is 18.2 Å². The summed E-state index contributed by atoms with van der Waals surface area (Å²) in [6.45, 7) is 5.76. The van der Waals surface area contributed by atoms with Crippen molar-refractivity contribution in [2.24, 2.45) is 0 Å². The number of likely N-dealkylation sites (N-methyl/N-ethyl adjacent to an activating group) is 1. The van der Waals surface area contributed by atoms with Crippen molar-refractivity contribution in [3.8, 4) is 0 Å². The zero-order valence-corrected chi connectivity index (χ0v) is 11.9. The maximum absolute atomic E-state index is 11.7. The molecular formula is C15H24N2O. The molecule has 0 unspecified atom stereocenters. The van der Waals surface area contributed by atoms with E-state index in [0.717, 1.165) is 19.5 Å². The first-order valence-corrected chi connectivity index (χ1v) is 6.49. The molecule has 0 saturated carbocycles. The molecule has 0 aliphatic rings. The normalized spacial score (nSPS) is 10.4. The first-order valence-electron chi connectivity index (χ1n) is 6.49. The number of carbonyl (C=O) groups excluding carboxylic acids is 1. The summed E-state index contributed by atoms with van der Waals surface area (Å²) in [6, 6.07) is 6.49. The Morgan fingerprint density at radius 3 is 2.67 bits per heavy atom. The van der Waals surface area contributed by atoms with Gasteiger partial charge < -0.3 is 10.2 Å². The van der Waals surface area contributed by atoms with E-state index in [1.165, 1.54) is 16.7 Å². The number of nitrogens with zero attached hydrogens (tertiary/aromatic N) is 1. The Bertz CT molecular complexity index is 401. The van der Waals surface area contributed by atoms with Crippen LogP contribution in [0.1, 0.15) is 23.1 Å². The maximum atomic E-state index is 11.7. The second kappa shape index (κ2) is 7.17. The van der Waals surface area contributed by atoms with Gasteiger partial charge in [0.2, 0.25) is 5.91 Å². The standard InChI is InChI=1S/C15H24N2O/c1-12-5-6-14(13(2)11-12)8-10-17(4)15(18)7-9-16-3/h5-6,11,16H,7-10H2,1-4H3. The SMILES string of the molecule is CNCCC(=O)N(C)CCc1ccc(C)cc1C. The van der Waals surface area contributed by atoms with E-state index in [1.807, 2.05) is 19.0 Å². The predicted octanol–water partition coefficient (Wildman–Crippen LogP) is 1.91. The second-order valence-corrected chi connectivity index (χ2v) is 4.85. The van der Waals surface area contributed by atoms with E-state index in [2.05, 4.69) is 37.4 Å². The first kappa shape index (κ1) is 14.7. The smallest absolute Gasteiger partial charge is 0.223 e. The fourth-order valence-corrected chi connectivity index (χ4v) is 1.96. The van der Waals surface area contributed by atoms with E-state index in [0.29, 0.717) is 6.42 Å². The maximum Gasteiger partial charge on any atom is 0.223 e. The summed E-state index contributed by atoms with van der Waals surface area (Å²) in [5, 5.41) is 3.00. The number of rotatable bonds is 6. The molecule has 0 aliphatic heterocycles. The predicted molar refractivity (Wildman–Crippen MR) is 75.8 cm³/mol. The van der Waals surface area contributed by atoms with Crippen molar-refractivity contribution in [3.05, 3.63) is 34.9 Å². The lowest BCUT2D eigenvalue weighted by Crippen LogP contribution is -2.31. The molecule has 0 aromatic heterocycles. The lowest BCUT2D eigenvalue weighted by molar-refractivity contribution is -0.129. The minimum Gasteiger partial charge on any atom is -0.345 e. The average Bonchev–Trinajstić information content (AvgIpc) is 2.34. The third-order valence-electron chi connectivity index (χ3n) is 3.23. The van der Waals surface area contributed by atoms with Gasteiger partial charge in [-0.25, -0.2) is 0 Å². The zero-order valence-electron chi connectivity index (χ0n) is 11.9. The van der Waals surface area contributed by atoms with Crippen LogP contribution in [0.25, 0.3) is 0 Å². The van der Waals surface area contributed by atoms with Crippen molar-refractivity contribution in [2.75, 3.05) is 27.2 Å². The van der Waals surface area contributed by atoms with Crippen LogP contribution in [0.4, 0.5) is 0 Å². The minimum atomic E-state index is 0.203. The third kappa shape index (κ3) is 4.49. The van der Waals surface area contributed by atoms with Gasteiger partial charge in [0.1, 0.15) is 0 Å². The third-order valence-corrected chi connectivity index (χ3v) is 3.23. The van der Waals surface area contributed by atoms with Crippen LogP contribution >= 0.6 is 0 Å². The van der Waals surface area contributed by atoms with Gasteiger partial charge in [-0.15, -0.1) is 0 Å². The molecule has 0 bridgehead atoms. The molecule has 18 heavy (non-hydrogen) atoms. The number of hydrogen-bond acceptors (Lipinski definition) is 2. The average molecular weight is 248 g/mol. The molecule has 1 rings (SSSR count). The molecule has 0 heterocycles. The molecule has 1 amide bonds. The van der Waals surface area contributed by atoms with Gasteiger partial charge in [0, 0.05) is 26.6 Å². The Hall–Kier alpha value is -1.35. The zero-order chi connectivity index (χ0) is 13.5. The molecule has 0 saturated heterocycles. The van der Waals surface area contributed by atoms with Crippen LogP contribution in [0.5, 0.6) is 0 Å². The number of aryl methyl sites for hydroxylation is 2. The molecule has 1 aromatic rings. The highest BCUT2D eigenvalue weighted by Crippen LogP contribution is 2.11. The molecule has 1 aromatic carbocycles. The molecule has 1 N–H and O–H groups in total. The number of amides is 1. The van der Waals surface area contributed by atoms with Gasteiger partial charge in [-0.3, -0.25) is 4.79 Å². The number of hydrogen-bond donors (Lipinski definition) is 1. The van der Waals surface area contributed by atoms with Crippen LogP contribution in [-0.4, -0.2) is 38.0 Å². The lowest BCUT2D eigenvalue weighted by atomic mass is 10.0. The van der Waals surface area contributed by atoms with Crippen LogP contribution in [0.2, 0.25) is 0 Å². The summed E-state index contributed by atoms with van der Waals surface area (Å²) >= 11 is 0. The second-order valence-electron chi connectivity index (χ2n) is 4.85. The van der Waals surface area contributed by atoms with Gasteiger partial charge in [0.25, 0.3) is 0 Å². The highest BCUT2D eigenvalue weighted by Gasteiger charge is 2.08. The lowest BCUT2D eigenvalue weighted by Gasteiger charge is -2.18. The quantitative estimate of drug-likeness (QED) is 0.834. The van der Waals surface area contributed by atoms with Crippen molar-refractivity contribution >= 4 is 5.91 Å². The number of benzene rings is 1. The van der Waals surface area contributed by atoms with Crippen molar-refractivity contribution < 1.29 is 4.79 Å². The summed E-state index contributed by atoms with van der Waals surface area (Å²) in [5.74, 6) is 0.203. The molecule has 0 fully saturated rings. The molecule has 3 heteroatoms. The Kier molecular flexibility index (Phi) is 5.86. The number of nitrogens with one attached hydrogen (secondary N) is 1. The van der Waals surface area contributed by atoms with E-state index in [9.17, 15) is 4.79 Å². The van der Waals surface area contributed by atoms with Gasteiger partial charge in [-0.05, 0) is 38.4 Å². The first-order chi connectivity index (χ1) is 8.54. The van der Waals surface area contributed by atoms with Crippen molar-refractivity contribution in [3.63, 3.8) is 0 Å². The largest absolute Gasteiger partial charge is 0.345 e. The molecule has 0 aliphatic carbocycles. The summed E-state index contributed by atoms with van der Waals surface area (Å²) in [5.41, 5.74) is 3.93. The van der Waals surface area contributed by atoms with Gasteiger partial charge in [0.05, 0.1) is 0 Å². The van der Waals surface area contributed by atoms with Gasteiger partial charge in [-0.2, -0.15) is 0 Å². The highest BCUT2D eigenvalue weighted by molar-refractivity contribution is 5.76. The van der Waals surface area contributed by atoms with E-state index in [4.69, 9.17) is 0 Å². The van der Waals surface area contributed by atoms with Crippen LogP contribution in [-0.2, 0) is 11.2 Å². The summed E-state index contributed by atoms with van der Waals surface area (Å²) < 4.78 is 0. The Labute approximate surface area is 110 Å². The molecule has 3 nitrogen and oxygen atoms in total. The van der Waals surface area contributed by atoms with Crippen LogP contribution in [0.3, 0.4) is 0 Å². The fourth-order valence-electron chi connectivity index (χ4n) is 1.96. The summed E-state index contributed by atoms with van der Waals surface area (Å²) in [6.07, 6.45) is 1.49. The fraction of sp³-hybridized carbons (Fsp3) is 0.533. The summed E-state index contributed by atoms with van der Waals surface area (Å²) in [7, 11) is 3.74. The topological polar surface area (TPSA) is 32.3 Å². The van der Waals surface area contributed by atoms with Gasteiger partial charge in [0.15, 0.2) is 0 Å². The van der Waals surface area contributed by atoms with E-state index < -0.39 is 0 Å². The molecule has 0 atom stereocenters. The van der Waals surface area contributed by atoms with Crippen molar-refractivity contribution in [2.45, 2.75) is 26.7 Å². The summed E-state index contributed by atoms with van der Waals surface area (Å²) in [4.78, 5) is 13.6.